The predicted molar refractivity (Wildman–Crippen MR) is 69.4 cm³/mol. The van der Waals surface area contributed by atoms with Gasteiger partial charge in [0.15, 0.2) is 0 Å². The summed E-state index contributed by atoms with van der Waals surface area (Å²) < 4.78 is 29.5. The van der Waals surface area contributed by atoms with Gasteiger partial charge in [0, 0.05) is 6.07 Å². The Bertz CT molecular complexity index is 656. The molecule has 2 rings (SSSR count). The van der Waals surface area contributed by atoms with Gasteiger partial charge >= 0.3 is 0 Å². The number of rotatable bonds is 1. The summed E-state index contributed by atoms with van der Waals surface area (Å²) in [7, 11) is -4.47. The summed E-state index contributed by atoms with van der Waals surface area (Å²) in [6.07, 6.45) is 0. The molecule has 0 amide bonds. The maximum absolute atomic E-state index is 10.5. The minimum atomic E-state index is -4.47. The van der Waals surface area contributed by atoms with Gasteiger partial charge in [-0.3, -0.25) is 4.55 Å². The second kappa shape index (κ2) is 6.13. The average Bonchev–Trinajstić information content (AvgIpc) is 2.35. The Morgan fingerprint density at radius 2 is 1.10 bits per heavy atom. The van der Waals surface area contributed by atoms with Gasteiger partial charge in [-0.05, 0) is 36.4 Å². The van der Waals surface area contributed by atoms with Crippen LogP contribution in [-0.2, 0) is 10.1 Å². The molecule has 0 spiro atoms. The van der Waals surface area contributed by atoms with Gasteiger partial charge in [-0.15, -0.1) is 0 Å². The highest BCUT2D eigenvalue weighted by Crippen LogP contribution is 2.25. The highest BCUT2D eigenvalue weighted by atomic mass is 32.2. The summed E-state index contributed by atoms with van der Waals surface area (Å²) in [5, 5.41) is 35.0. The normalized spacial score (nSPS) is 10.4. The molecule has 20 heavy (non-hydrogen) atoms. The molecule has 2 aromatic carbocycles. The lowest BCUT2D eigenvalue weighted by molar-refractivity contribution is 0.433. The quantitative estimate of drug-likeness (QED) is 0.397. The SMILES string of the molecule is O=S(=O)(O)c1cc(O)ccc1O.Oc1ccc(O)cc1. The smallest absolute Gasteiger partial charge is 0.298 e. The van der Waals surface area contributed by atoms with Crippen LogP contribution in [0, 0.1) is 0 Å². The highest BCUT2D eigenvalue weighted by Gasteiger charge is 2.15. The van der Waals surface area contributed by atoms with E-state index in [1.54, 1.807) is 0 Å². The predicted octanol–water partition coefficient (Wildman–Crippen LogP) is 1.44. The largest absolute Gasteiger partial charge is 0.508 e. The van der Waals surface area contributed by atoms with Crippen molar-refractivity contribution in [2.45, 2.75) is 4.90 Å². The fraction of sp³-hybridized carbons (Fsp3) is 0. The molecule has 108 valence electrons. The van der Waals surface area contributed by atoms with E-state index in [0.29, 0.717) is 0 Å². The molecule has 0 heterocycles. The molecular weight excluding hydrogens is 288 g/mol. The number of hydrogen-bond acceptors (Lipinski definition) is 6. The first-order valence-corrected chi connectivity index (χ1v) is 6.61. The number of hydrogen-bond donors (Lipinski definition) is 5. The lowest BCUT2D eigenvalue weighted by Gasteiger charge is -2.00. The summed E-state index contributed by atoms with van der Waals surface area (Å²) in [4.78, 5) is -0.706. The van der Waals surface area contributed by atoms with E-state index in [2.05, 4.69) is 0 Å². The lowest BCUT2D eigenvalue weighted by Crippen LogP contribution is -1.97. The van der Waals surface area contributed by atoms with Crippen molar-refractivity contribution in [3.63, 3.8) is 0 Å². The van der Waals surface area contributed by atoms with Gasteiger partial charge in [0.1, 0.15) is 27.9 Å². The van der Waals surface area contributed by atoms with Crippen LogP contribution in [-0.4, -0.2) is 33.4 Å². The zero-order valence-electron chi connectivity index (χ0n) is 10.0. The van der Waals surface area contributed by atoms with Crippen molar-refractivity contribution in [2.24, 2.45) is 0 Å². The lowest BCUT2D eigenvalue weighted by atomic mass is 10.3. The maximum atomic E-state index is 10.5. The van der Waals surface area contributed by atoms with Crippen LogP contribution in [0.5, 0.6) is 23.0 Å². The zero-order chi connectivity index (χ0) is 15.3. The Labute approximate surface area is 114 Å². The van der Waals surface area contributed by atoms with Crippen molar-refractivity contribution in [3.8, 4) is 23.0 Å². The Hall–Kier alpha value is -2.45. The fourth-order valence-corrected chi connectivity index (χ4v) is 1.76. The summed E-state index contributed by atoms with van der Waals surface area (Å²) in [5.74, 6) is -0.610. The monoisotopic (exact) mass is 300 g/mol. The van der Waals surface area contributed by atoms with Crippen LogP contribution in [0.2, 0.25) is 0 Å². The Morgan fingerprint density at radius 3 is 1.45 bits per heavy atom. The molecule has 0 aliphatic carbocycles. The molecule has 0 aromatic heterocycles. The molecule has 0 fully saturated rings. The van der Waals surface area contributed by atoms with Gasteiger partial charge in [0.05, 0.1) is 0 Å². The van der Waals surface area contributed by atoms with Crippen molar-refractivity contribution in [2.75, 3.05) is 0 Å². The maximum Gasteiger partial charge on any atom is 0.298 e. The van der Waals surface area contributed by atoms with Crippen LogP contribution >= 0.6 is 0 Å². The molecule has 7 nitrogen and oxygen atoms in total. The molecule has 0 aliphatic heterocycles. The van der Waals surface area contributed by atoms with Crippen LogP contribution in [0.25, 0.3) is 0 Å². The van der Waals surface area contributed by atoms with Gasteiger partial charge in [-0.1, -0.05) is 0 Å². The summed E-state index contributed by atoms with van der Waals surface area (Å²) in [6.45, 7) is 0. The van der Waals surface area contributed by atoms with Crippen molar-refractivity contribution in [1.29, 1.82) is 0 Å². The summed E-state index contributed by atoms with van der Waals surface area (Å²) in [6, 6.07) is 8.53. The van der Waals surface area contributed by atoms with Crippen LogP contribution < -0.4 is 0 Å². The molecule has 0 aliphatic rings. The van der Waals surface area contributed by atoms with E-state index in [1.807, 2.05) is 0 Å². The van der Waals surface area contributed by atoms with Gasteiger partial charge in [0.2, 0.25) is 0 Å². The van der Waals surface area contributed by atoms with E-state index in [1.165, 1.54) is 24.3 Å². The van der Waals surface area contributed by atoms with Crippen molar-refractivity contribution in [1.82, 2.24) is 0 Å². The van der Waals surface area contributed by atoms with Gasteiger partial charge in [-0.25, -0.2) is 0 Å². The van der Waals surface area contributed by atoms with Crippen molar-refractivity contribution >= 4 is 10.1 Å². The third-order valence-corrected chi connectivity index (χ3v) is 2.95. The van der Waals surface area contributed by atoms with Crippen LogP contribution in [0.1, 0.15) is 0 Å². The van der Waals surface area contributed by atoms with Crippen molar-refractivity contribution < 1.29 is 33.4 Å². The van der Waals surface area contributed by atoms with Gasteiger partial charge in [-0.2, -0.15) is 8.42 Å². The Balaban J connectivity index is 0.000000217. The van der Waals surface area contributed by atoms with Crippen LogP contribution in [0.3, 0.4) is 0 Å². The second-order valence-corrected chi connectivity index (χ2v) is 5.03. The minimum absolute atomic E-state index is 0.169. The number of aromatic hydroxyl groups is 4. The van der Waals surface area contributed by atoms with E-state index < -0.39 is 20.8 Å². The first-order valence-electron chi connectivity index (χ1n) is 5.17. The third kappa shape index (κ3) is 4.67. The molecule has 0 saturated heterocycles. The molecule has 0 saturated carbocycles. The van der Waals surface area contributed by atoms with Gasteiger partial charge in [0.25, 0.3) is 10.1 Å². The molecule has 8 heteroatoms. The van der Waals surface area contributed by atoms with E-state index in [0.717, 1.165) is 18.2 Å². The molecule has 2 aromatic rings. The third-order valence-electron chi connectivity index (χ3n) is 2.07. The molecule has 0 radical (unpaired) electrons. The molecular formula is C12H12O7S. The number of phenols is 4. The number of benzene rings is 2. The number of phenolic OH excluding ortho intramolecular Hbond substituents is 4. The first-order chi connectivity index (χ1) is 9.20. The van der Waals surface area contributed by atoms with E-state index in [9.17, 15) is 8.42 Å². The minimum Gasteiger partial charge on any atom is -0.508 e. The topological polar surface area (TPSA) is 135 Å². The van der Waals surface area contributed by atoms with Crippen LogP contribution in [0.4, 0.5) is 0 Å². The molecule has 0 bridgehead atoms. The van der Waals surface area contributed by atoms with E-state index in [-0.39, 0.29) is 17.2 Å². The van der Waals surface area contributed by atoms with E-state index in [4.69, 9.17) is 25.0 Å². The second-order valence-electron chi connectivity index (χ2n) is 3.64. The van der Waals surface area contributed by atoms with Crippen molar-refractivity contribution in [3.05, 3.63) is 42.5 Å². The standard InChI is InChI=1S/C6H6O5S.C6H6O2/c7-4-1-2-5(8)6(3-4)12(9,10)11;7-5-1-2-6(8)4-3-5/h1-3,7-8H,(H,9,10,11);1-4,7-8H. The summed E-state index contributed by atoms with van der Waals surface area (Å²) in [5.41, 5.74) is 0. The Morgan fingerprint density at radius 1 is 0.700 bits per heavy atom. The molecule has 5 N–H and O–H groups in total. The average molecular weight is 300 g/mol. The highest BCUT2D eigenvalue weighted by molar-refractivity contribution is 7.86. The zero-order valence-corrected chi connectivity index (χ0v) is 10.8. The molecule has 0 atom stereocenters. The van der Waals surface area contributed by atoms with Crippen LogP contribution in [0.15, 0.2) is 47.4 Å². The van der Waals surface area contributed by atoms with Gasteiger partial charge < -0.3 is 20.4 Å². The first kappa shape index (κ1) is 15.6. The summed E-state index contributed by atoms with van der Waals surface area (Å²) >= 11 is 0. The fourth-order valence-electron chi connectivity index (χ4n) is 1.16. The van der Waals surface area contributed by atoms with E-state index >= 15 is 0 Å². The Kier molecular flexibility index (Phi) is 4.78. The molecule has 0 unspecified atom stereocenters.